The number of methoxy groups -OCH3 is 2. The van der Waals surface area contributed by atoms with Gasteiger partial charge < -0.3 is 47.6 Å². The third-order valence-corrected chi connectivity index (χ3v) is 15.5. The fourth-order valence-corrected chi connectivity index (χ4v) is 11.0. The quantitative estimate of drug-likeness (QED) is 0.0861. The van der Waals surface area contributed by atoms with Gasteiger partial charge in [-0.25, -0.2) is 18.4 Å². The molecule has 2 saturated heterocycles. The molecule has 6 heterocycles. The molecular formula is C58H60Cl2F2N8O7. The molecule has 4 fully saturated rings. The Kier molecular flexibility index (Phi) is 16.1. The fraction of sp³-hybridized carbons (Fsp3) is 0.362. The molecule has 4 aliphatic rings. The number of nitrogens with zero attached hydrogens (tertiary/aromatic N) is 7. The Labute approximate surface area is 454 Å². The average Bonchev–Trinajstić information content (AvgIpc) is 4.38. The summed E-state index contributed by atoms with van der Waals surface area (Å²) in [6, 6.07) is 21.6. The van der Waals surface area contributed by atoms with Gasteiger partial charge >= 0.3 is 11.9 Å². The van der Waals surface area contributed by atoms with Crippen LogP contribution in [-0.2, 0) is 41.2 Å². The first-order valence-corrected chi connectivity index (χ1v) is 26.7. The van der Waals surface area contributed by atoms with Gasteiger partial charge in [-0.15, -0.1) is 0 Å². The van der Waals surface area contributed by atoms with Crippen LogP contribution in [0.5, 0.6) is 0 Å². The van der Waals surface area contributed by atoms with Crippen molar-refractivity contribution in [3.05, 3.63) is 141 Å². The van der Waals surface area contributed by atoms with E-state index in [1.807, 2.05) is 47.8 Å². The molecule has 402 valence electrons. The maximum absolute atomic E-state index is 14.7. The Morgan fingerprint density at radius 1 is 0.675 bits per heavy atom. The van der Waals surface area contributed by atoms with E-state index in [0.29, 0.717) is 56.3 Å². The van der Waals surface area contributed by atoms with Gasteiger partial charge in [-0.05, 0) is 92.8 Å². The Morgan fingerprint density at radius 2 is 1.14 bits per heavy atom. The number of fused-ring (bicyclic) bond motifs is 2. The van der Waals surface area contributed by atoms with E-state index in [0.717, 1.165) is 136 Å². The molecule has 0 atom stereocenters. The van der Waals surface area contributed by atoms with Crippen molar-refractivity contribution in [2.45, 2.75) is 50.4 Å². The van der Waals surface area contributed by atoms with Crippen LogP contribution in [-0.4, -0.2) is 116 Å². The minimum absolute atomic E-state index is 0.162. The lowest BCUT2D eigenvalue weighted by molar-refractivity contribution is -0.107. The van der Waals surface area contributed by atoms with Crippen LogP contribution in [0.1, 0.15) is 80.9 Å². The van der Waals surface area contributed by atoms with E-state index in [1.54, 1.807) is 18.2 Å². The monoisotopic (exact) mass is 1090 g/mol. The molecule has 2 aliphatic carbocycles. The summed E-state index contributed by atoms with van der Waals surface area (Å²) >= 11 is 12.4. The second kappa shape index (κ2) is 23.3. The smallest absolute Gasteiger partial charge is 0.340 e. The zero-order valence-electron chi connectivity index (χ0n) is 43.4. The molecule has 0 spiro atoms. The van der Waals surface area contributed by atoms with Gasteiger partial charge in [0, 0.05) is 137 Å². The fourth-order valence-electron chi connectivity index (χ4n) is 10.4. The summed E-state index contributed by atoms with van der Waals surface area (Å²) in [4.78, 5) is 41.9. The van der Waals surface area contributed by atoms with Gasteiger partial charge in [0.2, 0.25) is 0 Å². The Bertz CT molecular complexity index is 3420. The molecular weight excluding hydrogens is 1030 g/mol. The third kappa shape index (κ3) is 11.4. The summed E-state index contributed by atoms with van der Waals surface area (Å²) in [5.41, 5.74) is 8.67. The van der Waals surface area contributed by atoms with Gasteiger partial charge in [0.15, 0.2) is 0 Å². The van der Waals surface area contributed by atoms with Gasteiger partial charge in [0.1, 0.15) is 40.8 Å². The number of benzene rings is 4. The van der Waals surface area contributed by atoms with Crippen LogP contribution < -0.4 is 15.1 Å². The second-order valence-electron chi connectivity index (χ2n) is 19.9. The largest absolute Gasteiger partial charge is 0.465 e. The van der Waals surface area contributed by atoms with E-state index in [-0.39, 0.29) is 34.8 Å². The molecule has 1 N–H and O–H groups in total. The Morgan fingerprint density at radius 3 is 1.60 bits per heavy atom. The lowest BCUT2D eigenvalue weighted by Gasteiger charge is -2.36. The third-order valence-electron chi connectivity index (χ3n) is 14.9. The molecule has 4 aromatic carbocycles. The second-order valence-corrected chi connectivity index (χ2v) is 20.7. The highest BCUT2D eigenvalue weighted by atomic mass is 35.5. The van der Waals surface area contributed by atoms with Crippen molar-refractivity contribution >= 4 is 74.6 Å². The van der Waals surface area contributed by atoms with Crippen LogP contribution in [0.4, 0.5) is 20.2 Å². The van der Waals surface area contributed by atoms with E-state index in [2.05, 4.69) is 54.6 Å². The van der Waals surface area contributed by atoms with Crippen molar-refractivity contribution in [3.63, 3.8) is 0 Å². The minimum Gasteiger partial charge on any atom is -0.465 e. The molecule has 0 amide bonds. The van der Waals surface area contributed by atoms with Crippen LogP contribution in [0.2, 0.25) is 10.0 Å². The van der Waals surface area contributed by atoms with E-state index >= 15 is 0 Å². The van der Waals surface area contributed by atoms with Crippen molar-refractivity contribution in [1.82, 2.24) is 29.7 Å². The standard InChI is InChI=1S/C29H30ClFN4O3.C15H19N3O2.C14H11ClFNO2/c1-33-17-22(29(36)37-2)20-9-8-19(16-25(20)33)35-14-12-34(13-15-35)11-10-21-27(32-38-28(21)18-6-7-18)26-23(30)4-3-5-24(26)31;1-17-10-13(15(19)20-2)12-4-3-11(9-14(12)17)18-7-5-16-6-8-18;15-10-2-1-3-11(16)12(10)13-9(6-7-18)14(19-17-13)8-4-5-8/h3-5,8-9,16-18H,6-7,10-15H2,1-2H3;3-4,9-10,16H,5-8H2,1-2H3;1-3,7-8H,4-6H2. The summed E-state index contributed by atoms with van der Waals surface area (Å²) in [6.45, 7) is 8.51. The number of carbonyl (C=O) groups excluding carboxylic acids is 3. The average molecular weight is 1090 g/mol. The maximum Gasteiger partial charge on any atom is 0.340 e. The first-order valence-electron chi connectivity index (χ1n) is 25.9. The number of aryl methyl sites for hydroxylation is 2. The number of nitrogens with one attached hydrogen (secondary N) is 1. The molecule has 0 bridgehead atoms. The van der Waals surface area contributed by atoms with Gasteiger partial charge in [-0.1, -0.05) is 45.6 Å². The Hall–Kier alpha value is -7.05. The zero-order chi connectivity index (χ0) is 53.9. The number of ether oxygens (including phenoxy) is 2. The highest BCUT2D eigenvalue weighted by molar-refractivity contribution is 6.33. The number of carbonyl (C=O) groups is 3. The number of esters is 2. The lowest BCUT2D eigenvalue weighted by atomic mass is 10.0. The predicted octanol–water partition coefficient (Wildman–Crippen LogP) is 10.8. The number of hydrogen-bond acceptors (Lipinski definition) is 13. The minimum atomic E-state index is -0.463. The van der Waals surface area contributed by atoms with Crippen LogP contribution >= 0.6 is 23.2 Å². The van der Waals surface area contributed by atoms with Crippen LogP contribution in [0, 0.1) is 11.6 Å². The van der Waals surface area contributed by atoms with E-state index in [4.69, 9.17) is 41.7 Å². The first-order chi connectivity index (χ1) is 37.4. The topological polar surface area (TPSA) is 153 Å². The van der Waals surface area contributed by atoms with E-state index < -0.39 is 5.82 Å². The van der Waals surface area contributed by atoms with Crippen molar-refractivity contribution in [1.29, 1.82) is 0 Å². The molecule has 77 heavy (non-hydrogen) atoms. The normalized spacial score (nSPS) is 15.7. The highest BCUT2D eigenvalue weighted by Gasteiger charge is 2.35. The molecule has 4 aromatic heterocycles. The van der Waals surface area contributed by atoms with Crippen molar-refractivity contribution in [2.24, 2.45) is 14.1 Å². The number of aromatic nitrogens is 4. The van der Waals surface area contributed by atoms with Gasteiger partial charge in [0.25, 0.3) is 0 Å². The number of halogens is 4. The first kappa shape index (κ1) is 53.4. The number of aldehydes is 1. The molecule has 19 heteroatoms. The Balaban J connectivity index is 0.000000145. The molecule has 0 unspecified atom stereocenters. The van der Waals surface area contributed by atoms with Crippen molar-refractivity contribution < 1.29 is 41.7 Å². The van der Waals surface area contributed by atoms with Gasteiger partial charge in [-0.2, -0.15) is 0 Å². The summed E-state index contributed by atoms with van der Waals surface area (Å²) < 4.78 is 53.4. The molecule has 15 nitrogen and oxygen atoms in total. The number of anilines is 2. The van der Waals surface area contributed by atoms with Crippen LogP contribution in [0.15, 0.2) is 94.2 Å². The zero-order valence-corrected chi connectivity index (χ0v) is 44.9. The highest BCUT2D eigenvalue weighted by Crippen LogP contribution is 2.46. The van der Waals surface area contributed by atoms with E-state index in [9.17, 15) is 23.2 Å². The number of rotatable bonds is 13. The molecule has 0 radical (unpaired) electrons. The van der Waals surface area contributed by atoms with Gasteiger partial charge in [0.05, 0.1) is 57.6 Å². The number of hydrogen-bond donors (Lipinski definition) is 1. The molecule has 2 aliphatic heterocycles. The van der Waals surface area contributed by atoms with Gasteiger partial charge in [-0.3, -0.25) is 4.90 Å². The molecule has 12 rings (SSSR count). The summed E-state index contributed by atoms with van der Waals surface area (Å²) in [6.07, 6.45) is 9.53. The molecule has 2 saturated carbocycles. The molecule has 8 aromatic rings. The van der Waals surface area contributed by atoms with Crippen molar-refractivity contribution in [2.75, 3.05) is 82.9 Å². The lowest BCUT2D eigenvalue weighted by Crippen LogP contribution is -2.47. The number of piperazine rings is 2. The van der Waals surface area contributed by atoms with E-state index in [1.165, 1.54) is 38.1 Å². The van der Waals surface area contributed by atoms with Crippen molar-refractivity contribution in [3.8, 4) is 22.5 Å². The summed E-state index contributed by atoms with van der Waals surface area (Å²) in [5.74, 6) is 0.817. The predicted molar refractivity (Wildman–Crippen MR) is 293 cm³/mol. The van der Waals surface area contributed by atoms with Crippen LogP contribution in [0.25, 0.3) is 44.3 Å². The SMILES string of the molecule is COC(=O)c1cn(C)c2cc(N3CCN(CCc4c(-c5c(F)cccc5Cl)noc4C4CC4)CC3)ccc12.COC(=O)c1cn(C)c2cc(N3CCNCC3)ccc12.O=CCc1c(-c2c(F)cccc2Cl)noc1C1CC1. The summed E-state index contributed by atoms with van der Waals surface area (Å²) in [7, 11) is 6.72. The maximum atomic E-state index is 14.7. The summed E-state index contributed by atoms with van der Waals surface area (Å²) in [5, 5.41) is 14.0. The van der Waals surface area contributed by atoms with Crippen LogP contribution in [0.3, 0.4) is 0 Å².